The SMILES string of the molecule is O=C(N[C@@H](c1ccc(C(F)(F)F)cc1)c1ncccc1F)c1ccc2nccc(Cl)c2c1. The Balaban J connectivity index is 1.72. The first kappa shape index (κ1) is 21.7. The molecule has 2 aromatic heterocycles. The topological polar surface area (TPSA) is 54.9 Å². The minimum absolute atomic E-state index is 0.124. The molecule has 1 atom stereocenters. The van der Waals surface area contributed by atoms with Gasteiger partial charge in [-0.25, -0.2) is 4.39 Å². The van der Waals surface area contributed by atoms with Crippen molar-refractivity contribution in [2.24, 2.45) is 0 Å². The van der Waals surface area contributed by atoms with E-state index in [0.717, 1.165) is 18.2 Å². The van der Waals surface area contributed by atoms with Crippen LogP contribution in [0.5, 0.6) is 0 Å². The Morgan fingerprint density at radius 2 is 1.72 bits per heavy atom. The van der Waals surface area contributed by atoms with E-state index in [9.17, 15) is 22.4 Å². The first-order chi connectivity index (χ1) is 15.2. The number of halogens is 5. The minimum Gasteiger partial charge on any atom is -0.339 e. The molecular weight excluding hydrogens is 446 g/mol. The van der Waals surface area contributed by atoms with Crippen molar-refractivity contribution >= 4 is 28.4 Å². The molecule has 4 aromatic rings. The fourth-order valence-electron chi connectivity index (χ4n) is 3.25. The highest BCUT2D eigenvalue weighted by atomic mass is 35.5. The number of carbonyl (C=O) groups excluding carboxylic acids is 1. The summed E-state index contributed by atoms with van der Waals surface area (Å²) in [6.45, 7) is 0. The molecular formula is C23H14ClF4N3O. The summed E-state index contributed by atoms with van der Waals surface area (Å²) in [5, 5.41) is 3.62. The molecule has 32 heavy (non-hydrogen) atoms. The third-order valence-corrected chi connectivity index (χ3v) is 5.19. The molecule has 0 saturated carbocycles. The van der Waals surface area contributed by atoms with E-state index in [0.29, 0.717) is 15.9 Å². The van der Waals surface area contributed by atoms with Gasteiger partial charge < -0.3 is 5.32 Å². The maximum atomic E-state index is 14.5. The Hall–Kier alpha value is -3.52. The fourth-order valence-corrected chi connectivity index (χ4v) is 3.46. The Labute approximate surface area is 184 Å². The van der Waals surface area contributed by atoms with Gasteiger partial charge in [-0.05, 0) is 54.1 Å². The first-order valence-electron chi connectivity index (χ1n) is 9.37. The molecule has 0 aliphatic heterocycles. The summed E-state index contributed by atoms with van der Waals surface area (Å²) in [5.41, 5.74) is 0.0692. The molecule has 162 valence electrons. The number of nitrogens with zero attached hydrogens (tertiary/aromatic N) is 2. The van der Waals surface area contributed by atoms with Crippen LogP contribution in [0.25, 0.3) is 10.9 Å². The summed E-state index contributed by atoms with van der Waals surface area (Å²) in [5.74, 6) is -1.29. The standard InChI is InChI=1S/C23H14ClF4N3O/c24-17-9-11-29-19-8-5-14(12-16(17)19)22(32)31-20(21-18(25)2-1-10-30-21)13-3-6-15(7-4-13)23(26,27)28/h1-12,20H,(H,31,32)/t20-/m0/s1. The summed E-state index contributed by atoms with van der Waals surface area (Å²) < 4.78 is 53.3. The molecule has 0 bridgehead atoms. The van der Waals surface area contributed by atoms with Crippen molar-refractivity contribution in [1.29, 1.82) is 0 Å². The number of amides is 1. The zero-order valence-corrected chi connectivity index (χ0v) is 17.0. The van der Waals surface area contributed by atoms with E-state index in [-0.39, 0.29) is 16.8 Å². The zero-order chi connectivity index (χ0) is 22.9. The van der Waals surface area contributed by atoms with E-state index in [2.05, 4.69) is 15.3 Å². The Bertz CT molecular complexity index is 1290. The van der Waals surface area contributed by atoms with E-state index in [4.69, 9.17) is 11.6 Å². The number of pyridine rings is 2. The minimum atomic E-state index is -4.52. The molecule has 0 aliphatic rings. The van der Waals surface area contributed by atoms with Crippen LogP contribution in [0.1, 0.15) is 33.2 Å². The van der Waals surface area contributed by atoms with Crippen LogP contribution in [0.2, 0.25) is 5.02 Å². The predicted molar refractivity (Wildman–Crippen MR) is 112 cm³/mol. The van der Waals surface area contributed by atoms with Gasteiger partial charge >= 0.3 is 6.18 Å². The van der Waals surface area contributed by atoms with Gasteiger partial charge in [-0.3, -0.25) is 14.8 Å². The summed E-state index contributed by atoms with van der Waals surface area (Å²) in [6.07, 6.45) is -1.65. The van der Waals surface area contributed by atoms with Crippen molar-refractivity contribution in [3.05, 3.63) is 106 Å². The van der Waals surface area contributed by atoms with E-state index in [1.54, 1.807) is 18.2 Å². The van der Waals surface area contributed by atoms with Crippen molar-refractivity contribution in [1.82, 2.24) is 15.3 Å². The number of aromatic nitrogens is 2. The van der Waals surface area contributed by atoms with Crippen LogP contribution < -0.4 is 5.32 Å². The largest absolute Gasteiger partial charge is 0.416 e. The monoisotopic (exact) mass is 459 g/mol. The van der Waals surface area contributed by atoms with E-state index in [1.807, 2.05) is 0 Å². The Morgan fingerprint density at radius 3 is 2.41 bits per heavy atom. The fraction of sp³-hybridized carbons (Fsp3) is 0.0870. The molecule has 0 fully saturated rings. The summed E-state index contributed by atoms with van der Waals surface area (Å²) in [7, 11) is 0. The molecule has 4 rings (SSSR count). The molecule has 0 spiro atoms. The molecule has 1 N–H and O–H groups in total. The van der Waals surface area contributed by atoms with Crippen molar-refractivity contribution in [2.45, 2.75) is 12.2 Å². The lowest BCUT2D eigenvalue weighted by atomic mass is 10.00. The average Bonchev–Trinajstić information content (AvgIpc) is 2.77. The first-order valence-corrected chi connectivity index (χ1v) is 9.74. The normalized spacial score (nSPS) is 12.5. The number of benzene rings is 2. The molecule has 9 heteroatoms. The van der Waals surface area contributed by atoms with Gasteiger partial charge in [-0.1, -0.05) is 23.7 Å². The third kappa shape index (κ3) is 4.40. The second-order valence-electron chi connectivity index (χ2n) is 6.92. The summed E-state index contributed by atoms with van der Waals surface area (Å²) >= 11 is 6.18. The van der Waals surface area contributed by atoms with Crippen LogP contribution in [-0.4, -0.2) is 15.9 Å². The van der Waals surface area contributed by atoms with Crippen LogP contribution in [0.15, 0.2) is 73.1 Å². The molecule has 0 saturated heterocycles. The van der Waals surface area contributed by atoms with Crippen LogP contribution in [0.3, 0.4) is 0 Å². The molecule has 0 aliphatic carbocycles. The molecule has 0 radical (unpaired) electrons. The van der Waals surface area contributed by atoms with E-state index in [1.165, 1.54) is 36.7 Å². The molecule has 0 unspecified atom stereocenters. The number of hydrogen-bond donors (Lipinski definition) is 1. The number of nitrogens with one attached hydrogen (secondary N) is 1. The van der Waals surface area contributed by atoms with Gasteiger partial charge in [-0.2, -0.15) is 13.2 Å². The highest BCUT2D eigenvalue weighted by molar-refractivity contribution is 6.35. The van der Waals surface area contributed by atoms with Crippen LogP contribution in [0.4, 0.5) is 17.6 Å². The van der Waals surface area contributed by atoms with E-state index < -0.39 is 29.5 Å². The number of rotatable bonds is 4. The lowest BCUT2D eigenvalue weighted by Crippen LogP contribution is -2.30. The van der Waals surface area contributed by atoms with Crippen LogP contribution in [-0.2, 0) is 6.18 Å². The van der Waals surface area contributed by atoms with Crippen molar-refractivity contribution in [3.63, 3.8) is 0 Å². The molecule has 2 heterocycles. The summed E-state index contributed by atoms with van der Waals surface area (Å²) in [6, 6.07) is 11.8. The number of fused-ring (bicyclic) bond motifs is 1. The van der Waals surface area contributed by atoms with Gasteiger partial charge in [0.25, 0.3) is 5.91 Å². The molecule has 1 amide bonds. The maximum Gasteiger partial charge on any atom is 0.416 e. The smallest absolute Gasteiger partial charge is 0.339 e. The predicted octanol–water partition coefficient (Wildman–Crippen LogP) is 5.96. The maximum absolute atomic E-state index is 14.5. The van der Waals surface area contributed by atoms with Gasteiger partial charge in [0.05, 0.1) is 22.1 Å². The zero-order valence-electron chi connectivity index (χ0n) is 16.2. The third-order valence-electron chi connectivity index (χ3n) is 4.86. The number of hydrogen-bond acceptors (Lipinski definition) is 3. The van der Waals surface area contributed by atoms with Crippen molar-refractivity contribution in [2.75, 3.05) is 0 Å². The summed E-state index contributed by atoms with van der Waals surface area (Å²) in [4.78, 5) is 21.2. The highest BCUT2D eigenvalue weighted by Crippen LogP contribution is 2.31. The quantitative estimate of drug-likeness (QED) is 0.383. The molecule has 2 aromatic carbocycles. The average molecular weight is 460 g/mol. The van der Waals surface area contributed by atoms with Crippen molar-refractivity contribution in [3.8, 4) is 0 Å². The van der Waals surface area contributed by atoms with Gasteiger partial charge in [0, 0.05) is 23.3 Å². The van der Waals surface area contributed by atoms with Gasteiger partial charge in [-0.15, -0.1) is 0 Å². The number of alkyl halides is 3. The lowest BCUT2D eigenvalue weighted by Gasteiger charge is -2.20. The highest BCUT2D eigenvalue weighted by Gasteiger charge is 2.31. The van der Waals surface area contributed by atoms with E-state index >= 15 is 0 Å². The Morgan fingerprint density at radius 1 is 0.969 bits per heavy atom. The lowest BCUT2D eigenvalue weighted by molar-refractivity contribution is -0.137. The van der Waals surface area contributed by atoms with Crippen LogP contribution >= 0.6 is 11.6 Å². The van der Waals surface area contributed by atoms with Gasteiger partial charge in [0.1, 0.15) is 11.5 Å². The van der Waals surface area contributed by atoms with Crippen LogP contribution in [0, 0.1) is 5.82 Å². The Kier molecular flexibility index (Phi) is 5.80. The van der Waals surface area contributed by atoms with Gasteiger partial charge in [0.15, 0.2) is 0 Å². The van der Waals surface area contributed by atoms with Gasteiger partial charge in [0.2, 0.25) is 0 Å². The second-order valence-corrected chi connectivity index (χ2v) is 7.33. The second kappa shape index (κ2) is 8.55. The molecule has 4 nitrogen and oxygen atoms in total. The van der Waals surface area contributed by atoms with Crippen molar-refractivity contribution < 1.29 is 22.4 Å². The number of carbonyl (C=O) groups is 1.